The molecular weight excluding hydrogens is 428 g/mol. The molecule has 9 heteroatoms. The monoisotopic (exact) mass is 452 g/mol. The Labute approximate surface area is 186 Å². The van der Waals surface area contributed by atoms with Gasteiger partial charge in [0.1, 0.15) is 17.6 Å². The van der Waals surface area contributed by atoms with Crippen LogP contribution in [0.4, 0.5) is 0 Å². The molecule has 1 aliphatic rings. The van der Waals surface area contributed by atoms with E-state index in [0.717, 1.165) is 16.3 Å². The van der Waals surface area contributed by atoms with Crippen LogP contribution in [0.5, 0.6) is 5.75 Å². The van der Waals surface area contributed by atoms with Crippen LogP contribution in [0.2, 0.25) is 0 Å². The molecule has 1 heterocycles. The molecule has 8 nitrogen and oxygen atoms in total. The van der Waals surface area contributed by atoms with E-state index in [9.17, 15) is 13.2 Å². The Hall–Kier alpha value is -3.43. The van der Waals surface area contributed by atoms with Crippen LogP contribution in [0.25, 0.3) is 10.8 Å². The van der Waals surface area contributed by atoms with Crippen molar-refractivity contribution in [3.05, 3.63) is 71.8 Å². The van der Waals surface area contributed by atoms with E-state index in [-0.39, 0.29) is 16.6 Å². The normalized spacial score (nSPS) is 16.5. The van der Waals surface area contributed by atoms with E-state index < -0.39 is 16.1 Å². The van der Waals surface area contributed by atoms with E-state index >= 15 is 0 Å². The molecule has 1 aliphatic heterocycles. The van der Waals surface area contributed by atoms with Gasteiger partial charge in [-0.25, -0.2) is 8.42 Å². The molecular formula is C23H24N4O4S. The number of amidine groups is 1. The Morgan fingerprint density at radius 1 is 1.16 bits per heavy atom. The number of carbonyl (C=O) groups excluding carboxylic acids is 1. The van der Waals surface area contributed by atoms with Gasteiger partial charge in [0.05, 0.1) is 12.0 Å². The summed E-state index contributed by atoms with van der Waals surface area (Å²) in [6.45, 7) is 0.768. The summed E-state index contributed by atoms with van der Waals surface area (Å²) in [6.07, 6.45) is 0.384. The number of rotatable bonds is 7. The highest BCUT2D eigenvalue weighted by atomic mass is 32.2. The highest BCUT2D eigenvalue weighted by Crippen LogP contribution is 2.24. The fraction of sp³-hybridized carbons (Fsp3) is 0.217. The van der Waals surface area contributed by atoms with Crippen LogP contribution in [0.3, 0.4) is 0 Å². The molecule has 166 valence electrons. The lowest BCUT2D eigenvalue weighted by Crippen LogP contribution is -2.41. The number of nitrogens with zero attached hydrogens (tertiary/aromatic N) is 1. The minimum Gasteiger partial charge on any atom is -0.497 e. The molecule has 3 aromatic rings. The van der Waals surface area contributed by atoms with Gasteiger partial charge in [-0.05, 0) is 53.1 Å². The Balaban J connectivity index is 1.48. The van der Waals surface area contributed by atoms with Crippen molar-refractivity contribution in [2.24, 2.45) is 5.73 Å². The van der Waals surface area contributed by atoms with Crippen LogP contribution in [-0.4, -0.2) is 44.8 Å². The van der Waals surface area contributed by atoms with Crippen LogP contribution < -0.4 is 15.2 Å². The molecule has 1 atom stereocenters. The molecule has 1 fully saturated rings. The molecule has 0 saturated carbocycles. The fourth-order valence-electron chi connectivity index (χ4n) is 3.81. The second-order valence-corrected chi connectivity index (χ2v) is 9.43. The van der Waals surface area contributed by atoms with Crippen molar-refractivity contribution in [1.29, 1.82) is 5.41 Å². The third kappa shape index (κ3) is 4.44. The number of fused-ring (bicyclic) bond motifs is 1. The fourth-order valence-corrected chi connectivity index (χ4v) is 5.07. The summed E-state index contributed by atoms with van der Waals surface area (Å²) < 4.78 is 33.6. The minimum atomic E-state index is -3.87. The van der Waals surface area contributed by atoms with Gasteiger partial charge in [-0.1, -0.05) is 30.3 Å². The molecule has 0 radical (unpaired) electrons. The maximum atomic E-state index is 12.9. The van der Waals surface area contributed by atoms with E-state index in [0.29, 0.717) is 30.8 Å². The number of carbonyl (C=O) groups is 1. The van der Waals surface area contributed by atoms with Gasteiger partial charge in [-0.15, -0.1) is 0 Å². The Morgan fingerprint density at radius 3 is 2.66 bits per heavy atom. The number of benzene rings is 3. The zero-order valence-electron chi connectivity index (χ0n) is 17.5. The molecule has 0 bridgehead atoms. The summed E-state index contributed by atoms with van der Waals surface area (Å²) in [5.41, 5.74) is 6.95. The molecule has 4 N–H and O–H groups in total. The highest BCUT2D eigenvalue weighted by molar-refractivity contribution is 7.89. The first-order valence-corrected chi connectivity index (χ1v) is 11.6. The van der Waals surface area contributed by atoms with Gasteiger partial charge >= 0.3 is 0 Å². The number of nitrogens with one attached hydrogen (secondary N) is 2. The predicted octanol–water partition coefficient (Wildman–Crippen LogP) is 2.21. The van der Waals surface area contributed by atoms with Gasteiger partial charge in [0.25, 0.3) is 0 Å². The molecule has 3 aromatic carbocycles. The molecule has 1 saturated heterocycles. The van der Waals surface area contributed by atoms with E-state index in [1.165, 1.54) is 6.07 Å². The molecule has 0 unspecified atom stereocenters. The summed E-state index contributed by atoms with van der Waals surface area (Å²) in [5, 5.41) is 9.18. The van der Waals surface area contributed by atoms with Crippen molar-refractivity contribution in [3.63, 3.8) is 0 Å². The van der Waals surface area contributed by atoms with Crippen molar-refractivity contribution in [3.8, 4) is 5.75 Å². The quantitative estimate of drug-likeness (QED) is 0.374. The summed E-state index contributed by atoms with van der Waals surface area (Å²) >= 11 is 0. The minimum absolute atomic E-state index is 0.0425. The average molecular weight is 453 g/mol. The Morgan fingerprint density at radius 2 is 1.91 bits per heavy atom. The van der Waals surface area contributed by atoms with Gasteiger partial charge in [0.15, 0.2) is 0 Å². The number of hydrogen-bond donors (Lipinski definition) is 3. The van der Waals surface area contributed by atoms with E-state index in [1.807, 2.05) is 12.1 Å². The lowest BCUT2D eigenvalue weighted by atomic mass is 10.1. The molecule has 0 aromatic heterocycles. The van der Waals surface area contributed by atoms with E-state index in [4.69, 9.17) is 15.9 Å². The number of amides is 1. The zero-order valence-corrected chi connectivity index (χ0v) is 18.4. The van der Waals surface area contributed by atoms with E-state index in [1.54, 1.807) is 54.5 Å². The molecule has 1 amide bonds. The number of nitrogen functional groups attached to an aromatic ring is 1. The van der Waals surface area contributed by atoms with Gasteiger partial charge < -0.3 is 15.4 Å². The van der Waals surface area contributed by atoms with Crippen molar-refractivity contribution < 1.29 is 17.9 Å². The lowest BCUT2D eigenvalue weighted by molar-refractivity contribution is -0.129. The first kappa shape index (κ1) is 21.8. The topological polar surface area (TPSA) is 126 Å². The van der Waals surface area contributed by atoms with Crippen LogP contribution in [0, 0.1) is 5.41 Å². The summed E-state index contributed by atoms with van der Waals surface area (Å²) in [6, 6.07) is 16.5. The van der Waals surface area contributed by atoms with Gasteiger partial charge in [-0.2, -0.15) is 4.72 Å². The third-order valence-electron chi connectivity index (χ3n) is 5.54. The first-order chi connectivity index (χ1) is 15.3. The van der Waals surface area contributed by atoms with Gasteiger partial charge in [-0.3, -0.25) is 10.2 Å². The molecule has 32 heavy (non-hydrogen) atoms. The molecule has 0 spiro atoms. The number of nitrogens with two attached hydrogens (primary N) is 1. The SMILES string of the molecule is COc1ccc2cc(S(=O)(=O)N[C@H]3CCN(Cc4cccc(C(=N)N)c4)C3=O)ccc2c1. The van der Waals surface area contributed by atoms with Crippen LogP contribution >= 0.6 is 0 Å². The zero-order chi connectivity index (χ0) is 22.9. The first-order valence-electron chi connectivity index (χ1n) is 10.1. The van der Waals surface area contributed by atoms with Crippen molar-refractivity contribution in [1.82, 2.24) is 9.62 Å². The smallest absolute Gasteiger partial charge is 0.241 e. The number of likely N-dealkylation sites (tertiary alicyclic amines) is 1. The maximum absolute atomic E-state index is 12.9. The standard InChI is InChI=1S/C23H24N4O4S/c1-31-19-7-5-17-13-20(8-6-16(17)12-19)32(29,30)26-21-9-10-27(23(21)28)14-15-3-2-4-18(11-15)22(24)25/h2-8,11-13,21,26H,9-10,14H2,1H3,(H3,24,25)/t21-/m0/s1. The highest BCUT2D eigenvalue weighted by Gasteiger charge is 2.35. The van der Waals surface area contributed by atoms with Gasteiger partial charge in [0, 0.05) is 18.7 Å². The molecule has 0 aliphatic carbocycles. The lowest BCUT2D eigenvalue weighted by Gasteiger charge is -2.18. The van der Waals surface area contributed by atoms with Gasteiger partial charge in [0.2, 0.25) is 15.9 Å². The van der Waals surface area contributed by atoms with Crippen LogP contribution in [0.15, 0.2) is 65.6 Å². The predicted molar refractivity (Wildman–Crippen MR) is 122 cm³/mol. The number of sulfonamides is 1. The van der Waals surface area contributed by atoms with Crippen molar-refractivity contribution in [2.45, 2.75) is 23.9 Å². The second kappa shape index (κ2) is 8.60. The summed E-state index contributed by atoms with van der Waals surface area (Å²) in [4.78, 5) is 14.6. The van der Waals surface area contributed by atoms with Crippen molar-refractivity contribution in [2.75, 3.05) is 13.7 Å². The van der Waals surface area contributed by atoms with Crippen molar-refractivity contribution >= 4 is 32.5 Å². The Bertz CT molecular complexity index is 1310. The number of ether oxygens (including phenoxy) is 1. The Kier molecular flexibility index (Phi) is 5.86. The van der Waals surface area contributed by atoms with Crippen LogP contribution in [-0.2, 0) is 21.4 Å². The second-order valence-electron chi connectivity index (χ2n) is 7.71. The summed E-state index contributed by atoms with van der Waals surface area (Å²) in [5.74, 6) is 0.378. The maximum Gasteiger partial charge on any atom is 0.241 e. The number of methoxy groups -OCH3 is 1. The van der Waals surface area contributed by atoms with Crippen LogP contribution in [0.1, 0.15) is 17.5 Å². The summed E-state index contributed by atoms with van der Waals surface area (Å²) in [7, 11) is -2.30. The van der Waals surface area contributed by atoms with E-state index in [2.05, 4.69) is 4.72 Å². The number of hydrogen-bond acceptors (Lipinski definition) is 5. The largest absolute Gasteiger partial charge is 0.497 e. The average Bonchev–Trinajstić information content (AvgIpc) is 3.11. The molecule has 4 rings (SSSR count). The third-order valence-corrected chi connectivity index (χ3v) is 7.00.